The molecule has 3 aromatic rings. The van der Waals surface area contributed by atoms with Crippen molar-refractivity contribution >= 4 is 11.9 Å². The third kappa shape index (κ3) is 8.52. The number of aliphatic carboxylic acids is 1. The van der Waals surface area contributed by atoms with Gasteiger partial charge in [0.25, 0.3) is 0 Å². The summed E-state index contributed by atoms with van der Waals surface area (Å²) in [5, 5.41) is 21.2. The van der Waals surface area contributed by atoms with Crippen molar-refractivity contribution in [2.24, 2.45) is 5.92 Å². The second-order valence-electron chi connectivity index (χ2n) is 11.6. The molecule has 5 rings (SSSR count). The number of amides is 1. The van der Waals surface area contributed by atoms with Crippen molar-refractivity contribution in [1.29, 1.82) is 0 Å². The van der Waals surface area contributed by atoms with Gasteiger partial charge in [-0.15, -0.1) is 0 Å². The molecule has 9 nitrogen and oxygen atoms in total. The number of carboxylic acids is 1. The number of rotatable bonds is 12. The summed E-state index contributed by atoms with van der Waals surface area (Å²) >= 11 is 0. The van der Waals surface area contributed by atoms with E-state index in [2.05, 4.69) is 29.3 Å². The van der Waals surface area contributed by atoms with E-state index in [1.54, 1.807) is 0 Å². The molecule has 234 valence electrons. The molecule has 4 atom stereocenters. The van der Waals surface area contributed by atoms with Gasteiger partial charge in [-0.2, -0.15) is 0 Å². The predicted molar refractivity (Wildman–Crippen MR) is 165 cm³/mol. The molecule has 3 N–H and O–H groups in total. The Hall–Kier alpha value is -3.60. The van der Waals surface area contributed by atoms with Crippen LogP contribution in [0.25, 0.3) is 11.1 Å². The number of hydrogen-bond acceptors (Lipinski definition) is 7. The maximum absolute atomic E-state index is 12.2. The fourth-order valence-electron chi connectivity index (χ4n) is 5.78. The van der Waals surface area contributed by atoms with Gasteiger partial charge in [0.15, 0.2) is 6.29 Å². The Balaban J connectivity index is 1.32. The number of morpholine rings is 1. The third-order valence-electron chi connectivity index (χ3n) is 8.37. The van der Waals surface area contributed by atoms with E-state index in [0.717, 1.165) is 66.2 Å². The molecule has 0 saturated carbocycles. The number of benzene rings is 3. The summed E-state index contributed by atoms with van der Waals surface area (Å²) in [7, 11) is 0. The summed E-state index contributed by atoms with van der Waals surface area (Å²) in [6, 6.07) is 24.2. The summed E-state index contributed by atoms with van der Waals surface area (Å²) in [5.41, 5.74) is 5.82. The number of carbonyl (C=O) groups is 2. The molecule has 2 aliphatic heterocycles. The monoisotopic (exact) mass is 602 g/mol. The molecule has 4 unspecified atom stereocenters. The lowest BCUT2D eigenvalue weighted by Gasteiger charge is -2.43. The number of nitrogens with one attached hydrogen (secondary N) is 1. The molecular weight excluding hydrogens is 560 g/mol. The second-order valence-corrected chi connectivity index (χ2v) is 11.6. The molecule has 9 heteroatoms. The van der Waals surface area contributed by atoms with E-state index in [1.165, 1.54) is 0 Å². The maximum Gasteiger partial charge on any atom is 0.303 e. The highest BCUT2D eigenvalue weighted by Crippen LogP contribution is 2.42. The van der Waals surface area contributed by atoms with Gasteiger partial charge in [-0.3, -0.25) is 14.5 Å². The van der Waals surface area contributed by atoms with E-state index < -0.39 is 12.3 Å². The number of aliphatic hydroxyl groups excluding tert-OH is 1. The van der Waals surface area contributed by atoms with Crippen molar-refractivity contribution in [1.82, 2.24) is 10.2 Å². The topological polar surface area (TPSA) is 118 Å². The molecule has 2 aliphatic rings. The standard InChI is InChI=1S/C35H42N2O7/c1-24-31(22-37-15-17-42-18-16-37)43-35(44-34(24)27-13-11-25(23-38)12-14-27)30-8-3-7-29(20-30)28-6-2-5-26(19-28)21-36-32(39)9-4-10-33(40)41/h2-3,5-8,11-14,19-20,24,31,34-35,38H,4,9-10,15-18,21-23H2,1H3,(H,36,39)(H,40,41). The van der Waals surface area contributed by atoms with Crippen LogP contribution in [0, 0.1) is 5.92 Å². The molecule has 2 fully saturated rings. The van der Waals surface area contributed by atoms with E-state index in [1.807, 2.05) is 60.7 Å². The van der Waals surface area contributed by atoms with Gasteiger partial charge < -0.3 is 29.7 Å². The molecule has 0 spiro atoms. The van der Waals surface area contributed by atoms with Crippen LogP contribution in [0.15, 0.2) is 72.8 Å². The molecule has 0 aromatic heterocycles. The minimum absolute atomic E-state index is 0.0000946. The minimum atomic E-state index is -0.897. The lowest BCUT2D eigenvalue weighted by molar-refractivity contribution is -0.277. The largest absolute Gasteiger partial charge is 0.481 e. The van der Waals surface area contributed by atoms with Gasteiger partial charge in [0.1, 0.15) is 0 Å². The summed E-state index contributed by atoms with van der Waals surface area (Å²) < 4.78 is 18.9. The minimum Gasteiger partial charge on any atom is -0.481 e. The molecule has 2 heterocycles. The van der Waals surface area contributed by atoms with Gasteiger partial charge in [0, 0.05) is 50.5 Å². The summed E-state index contributed by atoms with van der Waals surface area (Å²) in [6.07, 6.45) is -0.308. The van der Waals surface area contributed by atoms with Gasteiger partial charge in [0.2, 0.25) is 5.91 Å². The Morgan fingerprint density at radius 1 is 0.886 bits per heavy atom. The smallest absolute Gasteiger partial charge is 0.303 e. The van der Waals surface area contributed by atoms with Crippen LogP contribution in [0.5, 0.6) is 0 Å². The zero-order valence-corrected chi connectivity index (χ0v) is 25.2. The molecule has 1 amide bonds. The van der Waals surface area contributed by atoms with Gasteiger partial charge >= 0.3 is 5.97 Å². The van der Waals surface area contributed by atoms with Crippen molar-refractivity contribution in [2.45, 2.75) is 57.8 Å². The van der Waals surface area contributed by atoms with Crippen LogP contribution in [-0.4, -0.2) is 65.9 Å². The first-order valence-corrected chi connectivity index (χ1v) is 15.4. The Morgan fingerprint density at radius 3 is 2.34 bits per heavy atom. The maximum atomic E-state index is 12.2. The van der Waals surface area contributed by atoms with Crippen LogP contribution < -0.4 is 5.32 Å². The van der Waals surface area contributed by atoms with E-state index in [4.69, 9.17) is 19.3 Å². The average Bonchev–Trinajstić information content (AvgIpc) is 3.05. The quantitative estimate of drug-likeness (QED) is 0.270. The van der Waals surface area contributed by atoms with Crippen LogP contribution in [-0.2, 0) is 37.0 Å². The van der Waals surface area contributed by atoms with Crippen LogP contribution in [0.3, 0.4) is 0 Å². The number of nitrogens with zero attached hydrogens (tertiary/aromatic N) is 1. The van der Waals surface area contributed by atoms with Gasteiger partial charge in [-0.05, 0) is 46.4 Å². The predicted octanol–water partition coefficient (Wildman–Crippen LogP) is 4.84. The SMILES string of the molecule is CC1C(CN2CCOCC2)OC(c2cccc(-c3cccc(CNC(=O)CCCC(=O)O)c3)c2)OC1c1ccc(CO)cc1. The van der Waals surface area contributed by atoms with Crippen LogP contribution in [0.4, 0.5) is 0 Å². The Labute approximate surface area is 258 Å². The van der Waals surface area contributed by atoms with Crippen molar-refractivity contribution in [3.8, 4) is 11.1 Å². The summed E-state index contributed by atoms with van der Waals surface area (Å²) in [4.78, 5) is 25.3. The normalized spacial score (nSPS) is 22.4. The Morgan fingerprint density at radius 2 is 1.61 bits per heavy atom. The fourth-order valence-corrected chi connectivity index (χ4v) is 5.78. The van der Waals surface area contributed by atoms with Gasteiger partial charge in [0.05, 0.1) is 32.0 Å². The molecular formula is C35H42N2O7. The molecule has 0 radical (unpaired) electrons. The molecule has 0 bridgehead atoms. The third-order valence-corrected chi connectivity index (χ3v) is 8.37. The van der Waals surface area contributed by atoms with E-state index in [9.17, 15) is 14.7 Å². The highest BCUT2D eigenvalue weighted by atomic mass is 16.7. The first-order valence-electron chi connectivity index (χ1n) is 15.4. The molecule has 3 aromatic carbocycles. The van der Waals surface area contributed by atoms with E-state index in [0.29, 0.717) is 13.0 Å². The average molecular weight is 603 g/mol. The number of carboxylic acid groups (broad SMARTS) is 1. The Kier molecular flexibility index (Phi) is 11.1. The summed E-state index contributed by atoms with van der Waals surface area (Å²) in [6.45, 7) is 6.54. The van der Waals surface area contributed by atoms with Crippen molar-refractivity contribution < 1.29 is 34.0 Å². The summed E-state index contributed by atoms with van der Waals surface area (Å²) in [5.74, 6) is -0.953. The molecule has 44 heavy (non-hydrogen) atoms. The van der Waals surface area contributed by atoms with E-state index >= 15 is 0 Å². The van der Waals surface area contributed by atoms with Gasteiger partial charge in [-0.25, -0.2) is 0 Å². The van der Waals surface area contributed by atoms with Crippen LogP contribution in [0.2, 0.25) is 0 Å². The first-order chi connectivity index (χ1) is 21.4. The highest BCUT2D eigenvalue weighted by molar-refractivity contribution is 5.76. The van der Waals surface area contributed by atoms with Gasteiger partial charge in [-0.1, -0.05) is 67.6 Å². The zero-order valence-electron chi connectivity index (χ0n) is 25.2. The molecule has 2 saturated heterocycles. The number of ether oxygens (including phenoxy) is 3. The lowest BCUT2D eigenvalue weighted by atomic mass is 9.89. The van der Waals surface area contributed by atoms with Crippen LogP contribution >= 0.6 is 0 Å². The lowest BCUT2D eigenvalue weighted by Crippen LogP contribution is -2.47. The van der Waals surface area contributed by atoms with E-state index in [-0.39, 0.29) is 43.5 Å². The second kappa shape index (κ2) is 15.4. The zero-order chi connectivity index (χ0) is 30.9. The van der Waals surface area contributed by atoms with Crippen molar-refractivity contribution in [3.63, 3.8) is 0 Å². The van der Waals surface area contributed by atoms with Crippen LogP contribution in [0.1, 0.15) is 60.8 Å². The number of carbonyl (C=O) groups excluding carboxylic acids is 1. The highest BCUT2D eigenvalue weighted by Gasteiger charge is 2.39. The van der Waals surface area contributed by atoms with Crippen molar-refractivity contribution in [2.75, 3.05) is 32.8 Å². The number of hydrogen-bond donors (Lipinski definition) is 3. The number of aliphatic hydroxyl groups is 1. The fraction of sp³-hybridized carbons (Fsp3) is 0.429. The molecule has 0 aliphatic carbocycles. The van der Waals surface area contributed by atoms with Crippen molar-refractivity contribution in [3.05, 3.63) is 95.1 Å². The Bertz CT molecular complexity index is 1390. The first kappa shape index (κ1) is 31.8.